The van der Waals surface area contributed by atoms with Crippen molar-refractivity contribution in [3.05, 3.63) is 112 Å². The number of amides is 2. The number of rotatable bonds is 6. The van der Waals surface area contributed by atoms with Crippen molar-refractivity contribution in [2.24, 2.45) is 0 Å². The van der Waals surface area contributed by atoms with E-state index in [0.29, 0.717) is 44.9 Å². The van der Waals surface area contributed by atoms with Crippen LogP contribution in [-0.4, -0.2) is 33.8 Å². The highest BCUT2D eigenvalue weighted by Gasteiger charge is 2.17. The summed E-state index contributed by atoms with van der Waals surface area (Å²) in [6.45, 7) is 1.71. The van der Waals surface area contributed by atoms with E-state index in [0.717, 1.165) is 0 Å². The minimum absolute atomic E-state index is 0.0796. The van der Waals surface area contributed by atoms with Crippen molar-refractivity contribution < 1.29 is 18.7 Å². The first-order valence-corrected chi connectivity index (χ1v) is 11.9. The summed E-state index contributed by atoms with van der Waals surface area (Å²) >= 11 is 0. The molecule has 0 saturated heterocycles. The van der Waals surface area contributed by atoms with Gasteiger partial charge >= 0.3 is 0 Å². The van der Waals surface area contributed by atoms with Crippen LogP contribution < -0.4 is 20.8 Å². The second kappa shape index (κ2) is 10.5. The molecule has 9 nitrogen and oxygen atoms in total. The number of aromatic nitrogens is 3. The van der Waals surface area contributed by atoms with Crippen molar-refractivity contribution in [2.45, 2.75) is 6.92 Å². The van der Waals surface area contributed by atoms with Crippen molar-refractivity contribution in [1.29, 1.82) is 0 Å². The minimum Gasteiger partial charge on any atom is -0.457 e. The van der Waals surface area contributed by atoms with Crippen LogP contribution in [0.25, 0.3) is 22.0 Å². The number of benzene rings is 2. The summed E-state index contributed by atoms with van der Waals surface area (Å²) in [7, 11) is 1.52. The molecule has 0 fully saturated rings. The number of ether oxygens (including phenoxy) is 1. The van der Waals surface area contributed by atoms with Crippen LogP contribution in [0.5, 0.6) is 11.5 Å². The molecule has 5 rings (SSSR count). The quantitative estimate of drug-likeness (QED) is 0.293. The number of nitrogens with zero attached hydrogens (tertiary/aromatic N) is 2. The first-order chi connectivity index (χ1) is 18.8. The topological polar surface area (TPSA) is 126 Å². The molecule has 0 spiro atoms. The van der Waals surface area contributed by atoms with Gasteiger partial charge in [0.1, 0.15) is 28.6 Å². The number of nitrogens with one attached hydrogen (secondary N) is 3. The predicted molar refractivity (Wildman–Crippen MR) is 145 cm³/mol. The zero-order chi connectivity index (χ0) is 27.5. The monoisotopic (exact) mass is 523 g/mol. The van der Waals surface area contributed by atoms with Crippen LogP contribution in [0.3, 0.4) is 0 Å². The molecule has 0 bridgehead atoms. The number of halogens is 1. The Morgan fingerprint density at radius 3 is 2.44 bits per heavy atom. The van der Waals surface area contributed by atoms with Crippen LogP contribution in [0.1, 0.15) is 26.5 Å². The minimum atomic E-state index is -0.595. The van der Waals surface area contributed by atoms with Gasteiger partial charge < -0.3 is 20.4 Å². The summed E-state index contributed by atoms with van der Waals surface area (Å²) in [5.74, 6) is -0.391. The van der Waals surface area contributed by atoms with Crippen molar-refractivity contribution in [2.75, 3.05) is 12.4 Å². The van der Waals surface area contributed by atoms with E-state index in [1.165, 1.54) is 43.7 Å². The van der Waals surface area contributed by atoms with Crippen LogP contribution in [0, 0.1) is 12.7 Å². The summed E-state index contributed by atoms with van der Waals surface area (Å²) in [5, 5.41) is 5.86. The SMILES string of the molecule is CNC(=O)c1cc2c(Oc3ccc(NC(=O)c4c[nH]c(C)c(-c5ccc(F)cc5)c4=O)cc3)ccnc2cn1. The van der Waals surface area contributed by atoms with Gasteiger partial charge in [0.15, 0.2) is 0 Å². The molecule has 2 aromatic carbocycles. The van der Waals surface area contributed by atoms with Crippen molar-refractivity contribution in [3.8, 4) is 22.6 Å². The lowest BCUT2D eigenvalue weighted by atomic mass is 10.0. The number of hydrogen-bond acceptors (Lipinski definition) is 6. The Morgan fingerprint density at radius 1 is 0.974 bits per heavy atom. The number of carbonyl (C=O) groups excluding carboxylic acids is 2. The number of anilines is 1. The number of pyridine rings is 3. The zero-order valence-electron chi connectivity index (χ0n) is 20.9. The second-order valence-electron chi connectivity index (χ2n) is 8.59. The number of hydrogen-bond donors (Lipinski definition) is 3. The Bertz CT molecular complexity index is 1770. The van der Waals surface area contributed by atoms with Gasteiger partial charge in [-0.05, 0) is 61.0 Å². The summed E-state index contributed by atoms with van der Waals surface area (Å²) in [4.78, 5) is 49.4. The Hall–Kier alpha value is -5.38. The molecule has 0 atom stereocenters. The third-order valence-electron chi connectivity index (χ3n) is 6.04. The molecule has 39 heavy (non-hydrogen) atoms. The van der Waals surface area contributed by atoms with E-state index in [4.69, 9.17) is 4.74 Å². The van der Waals surface area contributed by atoms with Gasteiger partial charge in [0, 0.05) is 41.8 Å². The molecule has 0 aliphatic heterocycles. The van der Waals surface area contributed by atoms with E-state index in [-0.39, 0.29) is 17.2 Å². The predicted octanol–water partition coefficient (Wildman–Crippen LogP) is 4.84. The Balaban J connectivity index is 1.36. The standard InChI is InChI=1S/C29H22FN5O4/c1-16-26(17-3-5-18(30)6-4-17)27(36)22(14-33-16)28(37)35-19-7-9-20(10-8-19)39-25-11-12-32-24-15-34-23(13-21(24)25)29(38)31-2/h3-15H,1-2H3,(H,31,38)(H,33,36)(H,35,37). The van der Waals surface area contributed by atoms with Gasteiger partial charge in [0.2, 0.25) is 5.43 Å². The number of fused-ring (bicyclic) bond motifs is 1. The van der Waals surface area contributed by atoms with Gasteiger partial charge in [0.05, 0.1) is 11.7 Å². The van der Waals surface area contributed by atoms with Gasteiger partial charge in [-0.3, -0.25) is 19.4 Å². The molecular formula is C29H22FN5O4. The third kappa shape index (κ3) is 5.21. The Labute approximate surface area is 221 Å². The molecule has 3 N–H and O–H groups in total. The number of carbonyl (C=O) groups is 2. The van der Waals surface area contributed by atoms with Crippen LogP contribution >= 0.6 is 0 Å². The Kier molecular flexibility index (Phi) is 6.83. The van der Waals surface area contributed by atoms with Crippen LogP contribution in [0.15, 0.2) is 84.0 Å². The van der Waals surface area contributed by atoms with Crippen molar-refractivity contribution in [3.63, 3.8) is 0 Å². The lowest BCUT2D eigenvalue weighted by Crippen LogP contribution is -2.23. The maximum absolute atomic E-state index is 13.4. The van der Waals surface area contributed by atoms with E-state index in [1.807, 2.05) is 0 Å². The van der Waals surface area contributed by atoms with E-state index in [2.05, 4.69) is 25.6 Å². The molecule has 194 valence electrons. The molecule has 0 radical (unpaired) electrons. The van der Waals surface area contributed by atoms with Crippen molar-refractivity contribution >= 4 is 28.4 Å². The van der Waals surface area contributed by atoms with Crippen LogP contribution in [0.4, 0.5) is 10.1 Å². The maximum Gasteiger partial charge on any atom is 0.269 e. The fourth-order valence-electron chi connectivity index (χ4n) is 4.05. The van der Waals surface area contributed by atoms with Crippen molar-refractivity contribution in [1.82, 2.24) is 20.3 Å². The highest BCUT2D eigenvalue weighted by atomic mass is 19.1. The van der Waals surface area contributed by atoms with Gasteiger partial charge in [-0.15, -0.1) is 0 Å². The smallest absolute Gasteiger partial charge is 0.269 e. The second-order valence-corrected chi connectivity index (χ2v) is 8.59. The largest absolute Gasteiger partial charge is 0.457 e. The Morgan fingerprint density at radius 2 is 1.72 bits per heavy atom. The van der Waals surface area contributed by atoms with E-state index in [1.54, 1.807) is 49.5 Å². The first kappa shape index (κ1) is 25.3. The van der Waals surface area contributed by atoms with E-state index >= 15 is 0 Å². The van der Waals surface area contributed by atoms with Gasteiger partial charge in [-0.25, -0.2) is 9.37 Å². The first-order valence-electron chi connectivity index (χ1n) is 11.9. The fourth-order valence-corrected chi connectivity index (χ4v) is 4.05. The average Bonchev–Trinajstić information content (AvgIpc) is 2.94. The van der Waals surface area contributed by atoms with Gasteiger partial charge in [0.25, 0.3) is 11.8 Å². The van der Waals surface area contributed by atoms with Crippen LogP contribution in [-0.2, 0) is 0 Å². The molecule has 3 heterocycles. The molecular weight excluding hydrogens is 501 g/mol. The lowest BCUT2D eigenvalue weighted by Gasteiger charge is -2.11. The highest BCUT2D eigenvalue weighted by Crippen LogP contribution is 2.29. The number of aromatic amines is 1. The molecule has 0 saturated carbocycles. The summed E-state index contributed by atoms with van der Waals surface area (Å²) in [6.07, 6.45) is 4.43. The fraction of sp³-hybridized carbons (Fsp3) is 0.0690. The number of aryl methyl sites for hydroxylation is 1. The molecule has 5 aromatic rings. The van der Waals surface area contributed by atoms with E-state index < -0.39 is 17.2 Å². The van der Waals surface area contributed by atoms with Crippen LogP contribution in [0.2, 0.25) is 0 Å². The summed E-state index contributed by atoms with van der Waals surface area (Å²) in [5.41, 5.74) is 2.06. The maximum atomic E-state index is 13.4. The average molecular weight is 524 g/mol. The number of H-pyrrole nitrogens is 1. The van der Waals surface area contributed by atoms with Gasteiger partial charge in [-0.2, -0.15) is 0 Å². The molecule has 0 unspecified atom stereocenters. The molecule has 10 heteroatoms. The molecule has 0 aliphatic rings. The van der Waals surface area contributed by atoms with E-state index in [9.17, 15) is 18.8 Å². The molecule has 3 aromatic heterocycles. The summed E-state index contributed by atoms with van der Waals surface area (Å²) in [6, 6.07) is 15.4. The normalized spacial score (nSPS) is 10.7. The van der Waals surface area contributed by atoms with Gasteiger partial charge in [-0.1, -0.05) is 12.1 Å². The lowest BCUT2D eigenvalue weighted by molar-refractivity contribution is 0.0957. The molecule has 0 aliphatic carbocycles. The zero-order valence-corrected chi connectivity index (χ0v) is 20.9. The third-order valence-corrected chi connectivity index (χ3v) is 6.04. The summed E-state index contributed by atoms with van der Waals surface area (Å²) < 4.78 is 19.4. The molecule has 2 amide bonds. The highest BCUT2D eigenvalue weighted by molar-refractivity contribution is 6.04.